The van der Waals surface area contributed by atoms with Crippen LogP contribution < -0.4 is 0 Å². The molecule has 22 heteroatoms. The van der Waals surface area contributed by atoms with Gasteiger partial charge in [0.25, 0.3) is 17.1 Å². The number of nitrogens with zero attached hydrogens (tertiary/aromatic N) is 6. The molecule has 1 N–H and O–H groups in total. The quantitative estimate of drug-likeness (QED) is 0.0423. The molecule has 6 atom stereocenters. The van der Waals surface area contributed by atoms with Gasteiger partial charge >= 0.3 is 18.2 Å². The molecule has 21 nitrogen and oxygen atoms in total. The molecule has 0 spiro atoms. The van der Waals surface area contributed by atoms with Crippen molar-refractivity contribution in [2.45, 2.75) is 63.5 Å². The Kier molecular flexibility index (Phi) is 14.6. The van der Waals surface area contributed by atoms with Crippen LogP contribution in [0.25, 0.3) is 0 Å². The molecule has 6 rings (SSSR count). The molecule has 0 bridgehead atoms. The maximum Gasteiger partial charge on any atom is 0.410 e. The molecule has 3 aromatic rings. The summed E-state index contributed by atoms with van der Waals surface area (Å²) < 4.78 is 22.6. The summed E-state index contributed by atoms with van der Waals surface area (Å²) in [5.41, 5.74) is 1.22. The van der Waals surface area contributed by atoms with Crippen LogP contribution in [0.15, 0.2) is 83.4 Å². The van der Waals surface area contributed by atoms with Gasteiger partial charge in [-0.05, 0) is 66.4 Å². The Morgan fingerprint density at radius 3 is 1.81 bits per heavy atom. The van der Waals surface area contributed by atoms with Gasteiger partial charge in [-0.2, -0.15) is 0 Å². The molecule has 3 heterocycles. The van der Waals surface area contributed by atoms with E-state index in [9.17, 15) is 54.6 Å². The molecule has 0 saturated carbocycles. The number of likely N-dealkylation sites (tertiary alicyclic amines) is 1. The van der Waals surface area contributed by atoms with Crippen molar-refractivity contribution in [2.24, 2.45) is 11.8 Å². The molecule has 0 aliphatic carbocycles. The third kappa shape index (κ3) is 10.7. The van der Waals surface area contributed by atoms with Gasteiger partial charge in [-0.3, -0.25) is 35.1 Å². The molecule has 0 aromatic heterocycles. The zero-order valence-electron chi connectivity index (χ0n) is 34.3. The van der Waals surface area contributed by atoms with Crippen LogP contribution in [-0.4, -0.2) is 115 Å². The first-order chi connectivity index (χ1) is 30.0. The standard InChI is InChI=1S/C41H44N6O15S/c1-24-35-34(25(2)48)38(49)44(35)36(39(50)60-20-26-4-10-29(11-5-26)45(53)54)37(24)63-33-18-32(43(19-33)41(52)62-22-28-8-14-31(15-9-28)47(57)58)23-59-17-16-42(3)40(51)61-21-27-6-12-30(13-7-27)46(55)56/h4-15,24-25,32-35,48H,16-23H2,1-3H3/t24-,25-,32+,33+,34-,35-/m1/s1. The number of carbonyl (C=O) groups is 4. The molecular formula is C41H44N6O15S. The zero-order chi connectivity index (χ0) is 45.5. The number of non-ortho nitro benzene ring substituents is 3. The maximum absolute atomic E-state index is 13.8. The van der Waals surface area contributed by atoms with E-state index in [-0.39, 0.29) is 74.1 Å². The van der Waals surface area contributed by atoms with Crippen molar-refractivity contribution in [1.29, 1.82) is 0 Å². The number of amides is 3. The Labute approximate surface area is 363 Å². The van der Waals surface area contributed by atoms with Gasteiger partial charge in [-0.15, -0.1) is 11.8 Å². The molecule has 334 valence electrons. The van der Waals surface area contributed by atoms with Crippen molar-refractivity contribution in [3.8, 4) is 0 Å². The second-order valence-corrected chi connectivity index (χ2v) is 16.5. The van der Waals surface area contributed by atoms with Gasteiger partial charge in [-0.25, -0.2) is 14.4 Å². The van der Waals surface area contributed by atoms with E-state index in [2.05, 4.69) is 0 Å². The highest BCUT2D eigenvalue weighted by Crippen LogP contribution is 2.52. The predicted octanol–water partition coefficient (Wildman–Crippen LogP) is 5.32. The van der Waals surface area contributed by atoms with E-state index in [4.69, 9.17) is 18.9 Å². The van der Waals surface area contributed by atoms with Gasteiger partial charge in [0.15, 0.2) is 0 Å². The summed E-state index contributed by atoms with van der Waals surface area (Å²) >= 11 is 1.30. The van der Waals surface area contributed by atoms with Gasteiger partial charge in [-0.1, -0.05) is 6.92 Å². The highest BCUT2D eigenvalue weighted by atomic mass is 32.2. The second kappa shape index (κ2) is 20.0. The first-order valence-electron chi connectivity index (χ1n) is 19.7. The van der Waals surface area contributed by atoms with Gasteiger partial charge < -0.3 is 38.8 Å². The Morgan fingerprint density at radius 2 is 1.32 bits per heavy atom. The Bertz CT molecular complexity index is 2260. The molecule has 0 radical (unpaired) electrons. The zero-order valence-corrected chi connectivity index (χ0v) is 35.1. The lowest BCUT2D eigenvalue weighted by Gasteiger charge is -2.46. The third-order valence-corrected chi connectivity index (χ3v) is 12.4. The van der Waals surface area contributed by atoms with Crippen LogP contribution in [0.1, 0.15) is 37.0 Å². The number of esters is 1. The van der Waals surface area contributed by atoms with Gasteiger partial charge in [0.2, 0.25) is 5.91 Å². The lowest BCUT2D eigenvalue weighted by molar-refractivity contribution is -0.385. The Morgan fingerprint density at radius 1 is 0.825 bits per heavy atom. The minimum absolute atomic E-state index is 0.0193. The van der Waals surface area contributed by atoms with Crippen molar-refractivity contribution in [3.05, 3.63) is 130 Å². The van der Waals surface area contributed by atoms with Gasteiger partial charge in [0.05, 0.1) is 52.1 Å². The van der Waals surface area contributed by atoms with Crippen LogP contribution in [0.4, 0.5) is 26.7 Å². The summed E-state index contributed by atoms with van der Waals surface area (Å²) in [5, 5.41) is 43.3. The fourth-order valence-electron chi connectivity index (χ4n) is 7.54. The lowest BCUT2D eigenvalue weighted by atomic mass is 9.79. The number of aliphatic hydroxyl groups is 1. The number of nitro groups is 3. The number of benzene rings is 3. The van der Waals surface area contributed by atoms with Gasteiger partial charge in [0, 0.05) is 72.6 Å². The van der Waals surface area contributed by atoms with Crippen LogP contribution in [0.3, 0.4) is 0 Å². The van der Waals surface area contributed by atoms with E-state index in [1.807, 2.05) is 6.92 Å². The molecule has 2 saturated heterocycles. The van der Waals surface area contributed by atoms with E-state index in [0.29, 0.717) is 28.0 Å². The summed E-state index contributed by atoms with van der Waals surface area (Å²) in [7, 11) is 1.51. The second-order valence-electron chi connectivity index (χ2n) is 15.2. The van der Waals surface area contributed by atoms with Crippen LogP contribution in [0.2, 0.25) is 0 Å². The minimum atomic E-state index is -0.993. The number of hydrogen-bond acceptors (Lipinski definition) is 16. The SMILES string of the molecule is C[C@@H](O)[C@H]1C(=O)N2C(C(=O)OCc3ccc([N+](=O)[O-])cc3)=C(S[C@H]3C[C@@H](COCCN(C)C(=O)OCc4ccc([N+](=O)[O-])cc4)N(C(=O)OCc4ccc([N+](=O)[O-])cc4)C3)[C@H](C)[C@H]12. The number of rotatable bonds is 18. The number of likely N-dealkylation sites (N-methyl/N-ethyl adjacent to an activating group) is 1. The van der Waals surface area contributed by atoms with Crippen molar-refractivity contribution in [2.75, 3.05) is 33.4 Å². The number of ether oxygens (including phenoxy) is 4. The van der Waals surface area contributed by atoms with E-state index < -0.39 is 68.9 Å². The number of carbonyl (C=O) groups excluding carboxylic acids is 4. The first-order valence-corrected chi connectivity index (χ1v) is 20.6. The number of fused-ring (bicyclic) bond motifs is 1. The van der Waals surface area contributed by atoms with Crippen molar-refractivity contribution in [1.82, 2.24) is 14.7 Å². The van der Waals surface area contributed by atoms with Crippen molar-refractivity contribution in [3.63, 3.8) is 0 Å². The summed E-state index contributed by atoms with van der Waals surface area (Å²) in [6.07, 6.45) is -1.99. The predicted molar refractivity (Wildman–Crippen MR) is 221 cm³/mol. The molecule has 3 aliphatic heterocycles. The molecule has 2 fully saturated rings. The van der Waals surface area contributed by atoms with E-state index in [1.54, 1.807) is 0 Å². The number of thioether (sulfide) groups is 1. The molecule has 63 heavy (non-hydrogen) atoms. The van der Waals surface area contributed by atoms with Crippen LogP contribution in [0.5, 0.6) is 0 Å². The van der Waals surface area contributed by atoms with E-state index in [1.165, 1.54) is 113 Å². The summed E-state index contributed by atoms with van der Waals surface area (Å²) in [6, 6.07) is 15.5. The molecule has 0 unspecified atom stereocenters. The fraction of sp³-hybridized carbons (Fsp3) is 0.415. The number of hydrogen-bond donors (Lipinski definition) is 1. The number of β-lactam (4-membered cyclic amide) rings is 1. The van der Waals surface area contributed by atoms with E-state index >= 15 is 0 Å². The smallest absolute Gasteiger partial charge is 0.410 e. The third-order valence-electron chi connectivity index (χ3n) is 10.9. The van der Waals surface area contributed by atoms with Crippen LogP contribution in [0, 0.1) is 42.2 Å². The minimum Gasteiger partial charge on any atom is -0.456 e. The maximum atomic E-state index is 13.8. The fourth-order valence-corrected chi connectivity index (χ4v) is 9.10. The molecule has 3 amide bonds. The average Bonchev–Trinajstić information content (AvgIpc) is 3.78. The Hall–Kier alpha value is -6.65. The van der Waals surface area contributed by atoms with Crippen LogP contribution >= 0.6 is 11.8 Å². The number of nitro benzene ring substituents is 3. The summed E-state index contributed by atoms with van der Waals surface area (Å²) in [4.78, 5) is 89.7. The largest absolute Gasteiger partial charge is 0.456 e. The molecular weight excluding hydrogens is 849 g/mol. The van der Waals surface area contributed by atoms with E-state index in [0.717, 1.165) is 0 Å². The van der Waals surface area contributed by atoms with Crippen molar-refractivity contribution >= 4 is 52.9 Å². The summed E-state index contributed by atoms with van der Waals surface area (Å²) in [6.45, 7) is 3.14. The normalized spacial score (nSPS) is 20.7. The highest BCUT2D eigenvalue weighted by molar-refractivity contribution is 8.03. The topological polar surface area (TPSA) is 265 Å². The average molecular weight is 893 g/mol. The van der Waals surface area contributed by atoms with Crippen LogP contribution in [-0.2, 0) is 48.4 Å². The number of aliphatic hydroxyl groups excluding tert-OH is 1. The monoisotopic (exact) mass is 892 g/mol. The summed E-state index contributed by atoms with van der Waals surface area (Å²) in [5.74, 6) is -2.39. The Balaban J connectivity index is 1.13. The highest BCUT2D eigenvalue weighted by Gasteiger charge is 2.60. The lowest BCUT2D eigenvalue weighted by Crippen LogP contribution is -2.63. The molecule has 3 aliphatic rings. The molecule has 3 aromatic carbocycles. The van der Waals surface area contributed by atoms with Crippen molar-refractivity contribution < 1.29 is 58.0 Å². The van der Waals surface area contributed by atoms with Gasteiger partial charge in [0.1, 0.15) is 25.5 Å². The first kappa shape index (κ1) is 45.9.